The molecule has 1 fully saturated rings. The number of urea groups is 1. The SMILES string of the molecule is COCCC1(CNC(=O)NC(CC(=O)O)C(C)C)CC1. The van der Waals surface area contributed by atoms with Crippen molar-refractivity contribution in [1.29, 1.82) is 0 Å². The summed E-state index contributed by atoms with van der Waals surface area (Å²) in [7, 11) is 1.68. The molecule has 116 valence electrons. The Bertz CT molecular complexity index is 340. The van der Waals surface area contributed by atoms with Crippen LogP contribution < -0.4 is 10.6 Å². The van der Waals surface area contributed by atoms with E-state index in [0.717, 1.165) is 19.3 Å². The highest BCUT2D eigenvalue weighted by Gasteiger charge is 2.42. The van der Waals surface area contributed by atoms with Gasteiger partial charge in [0.2, 0.25) is 0 Å². The molecule has 1 unspecified atom stereocenters. The van der Waals surface area contributed by atoms with Crippen LogP contribution in [0.4, 0.5) is 4.79 Å². The number of amides is 2. The maximum atomic E-state index is 11.8. The van der Waals surface area contributed by atoms with Gasteiger partial charge in [0.05, 0.1) is 6.42 Å². The minimum Gasteiger partial charge on any atom is -0.481 e. The summed E-state index contributed by atoms with van der Waals surface area (Å²) in [5.41, 5.74) is 0.188. The van der Waals surface area contributed by atoms with E-state index in [1.807, 2.05) is 13.8 Å². The predicted molar refractivity (Wildman–Crippen MR) is 75.6 cm³/mol. The summed E-state index contributed by atoms with van der Waals surface area (Å²) < 4.78 is 5.07. The number of rotatable bonds is 9. The highest BCUT2D eigenvalue weighted by atomic mass is 16.5. The molecule has 0 heterocycles. The van der Waals surface area contributed by atoms with E-state index >= 15 is 0 Å². The molecule has 0 saturated heterocycles. The van der Waals surface area contributed by atoms with Crippen LogP contribution in [0.25, 0.3) is 0 Å². The first-order valence-electron chi connectivity index (χ1n) is 7.14. The Morgan fingerprint density at radius 1 is 1.35 bits per heavy atom. The van der Waals surface area contributed by atoms with Crippen LogP contribution in [-0.2, 0) is 9.53 Å². The molecular weight excluding hydrogens is 260 g/mol. The molecular formula is C14H26N2O4. The molecule has 0 aromatic heterocycles. The molecule has 1 aliphatic carbocycles. The molecule has 0 aromatic rings. The van der Waals surface area contributed by atoms with Gasteiger partial charge in [0.25, 0.3) is 0 Å². The van der Waals surface area contributed by atoms with Crippen molar-refractivity contribution in [2.24, 2.45) is 11.3 Å². The molecule has 20 heavy (non-hydrogen) atoms. The predicted octanol–water partition coefficient (Wildman–Crippen LogP) is 1.60. The van der Waals surface area contributed by atoms with Crippen LogP contribution in [0.3, 0.4) is 0 Å². The van der Waals surface area contributed by atoms with Gasteiger partial charge in [0.1, 0.15) is 0 Å². The Hall–Kier alpha value is -1.30. The lowest BCUT2D eigenvalue weighted by molar-refractivity contribution is -0.137. The van der Waals surface area contributed by atoms with Gasteiger partial charge in [-0.05, 0) is 30.6 Å². The zero-order valence-electron chi connectivity index (χ0n) is 12.6. The van der Waals surface area contributed by atoms with E-state index in [-0.39, 0.29) is 29.8 Å². The molecule has 1 saturated carbocycles. The third-order valence-electron chi connectivity index (χ3n) is 3.93. The van der Waals surface area contributed by atoms with Gasteiger partial charge in [-0.2, -0.15) is 0 Å². The Morgan fingerprint density at radius 3 is 2.45 bits per heavy atom. The average molecular weight is 286 g/mol. The molecule has 0 aliphatic heterocycles. The van der Waals surface area contributed by atoms with Gasteiger partial charge in [-0.3, -0.25) is 4.79 Å². The van der Waals surface area contributed by atoms with Gasteiger partial charge in [-0.1, -0.05) is 13.8 Å². The summed E-state index contributed by atoms with van der Waals surface area (Å²) in [6.07, 6.45) is 3.12. The first kappa shape index (κ1) is 16.8. The van der Waals surface area contributed by atoms with Gasteiger partial charge in [0.15, 0.2) is 0 Å². The van der Waals surface area contributed by atoms with Crippen molar-refractivity contribution < 1.29 is 19.4 Å². The molecule has 0 aromatic carbocycles. The Morgan fingerprint density at radius 2 is 2.00 bits per heavy atom. The lowest BCUT2D eigenvalue weighted by Crippen LogP contribution is -2.46. The zero-order chi connectivity index (χ0) is 15.2. The Balaban J connectivity index is 2.33. The lowest BCUT2D eigenvalue weighted by atomic mass is 10.0. The minimum absolute atomic E-state index is 0.0557. The van der Waals surface area contributed by atoms with Crippen molar-refractivity contribution in [1.82, 2.24) is 10.6 Å². The number of hydrogen-bond donors (Lipinski definition) is 3. The van der Waals surface area contributed by atoms with E-state index in [0.29, 0.717) is 13.2 Å². The highest BCUT2D eigenvalue weighted by molar-refractivity contribution is 5.75. The number of aliphatic carboxylic acids is 1. The van der Waals surface area contributed by atoms with Gasteiger partial charge in [0, 0.05) is 26.3 Å². The number of nitrogens with one attached hydrogen (secondary N) is 2. The molecule has 0 spiro atoms. The zero-order valence-corrected chi connectivity index (χ0v) is 12.6. The summed E-state index contributed by atoms with van der Waals surface area (Å²) >= 11 is 0. The second kappa shape index (κ2) is 7.47. The van der Waals surface area contributed by atoms with Crippen LogP contribution >= 0.6 is 0 Å². The summed E-state index contributed by atoms with van der Waals surface area (Å²) in [5.74, 6) is -0.817. The van der Waals surface area contributed by atoms with Crippen LogP contribution in [0.5, 0.6) is 0 Å². The van der Waals surface area contributed by atoms with E-state index < -0.39 is 5.97 Å². The lowest BCUT2D eigenvalue weighted by Gasteiger charge is -2.22. The van der Waals surface area contributed by atoms with E-state index in [4.69, 9.17) is 9.84 Å². The number of methoxy groups -OCH3 is 1. The number of ether oxygens (including phenoxy) is 1. The van der Waals surface area contributed by atoms with Crippen LogP contribution in [-0.4, -0.2) is 43.4 Å². The molecule has 3 N–H and O–H groups in total. The normalized spacial score (nSPS) is 17.6. The monoisotopic (exact) mass is 286 g/mol. The average Bonchev–Trinajstić information content (AvgIpc) is 3.13. The van der Waals surface area contributed by atoms with Crippen LogP contribution in [0.2, 0.25) is 0 Å². The first-order valence-corrected chi connectivity index (χ1v) is 7.14. The summed E-state index contributed by atoms with van der Waals surface area (Å²) in [4.78, 5) is 22.6. The third kappa shape index (κ3) is 5.77. The first-order chi connectivity index (χ1) is 9.38. The topological polar surface area (TPSA) is 87.7 Å². The van der Waals surface area contributed by atoms with Crippen LogP contribution in [0, 0.1) is 11.3 Å². The number of carboxylic acids is 1. The van der Waals surface area contributed by atoms with Crippen molar-refractivity contribution in [3.63, 3.8) is 0 Å². The second-order valence-electron chi connectivity index (χ2n) is 6.02. The van der Waals surface area contributed by atoms with E-state index in [2.05, 4.69) is 10.6 Å². The maximum absolute atomic E-state index is 11.8. The van der Waals surface area contributed by atoms with Crippen molar-refractivity contribution in [3.8, 4) is 0 Å². The van der Waals surface area contributed by atoms with Crippen molar-refractivity contribution in [3.05, 3.63) is 0 Å². The number of carbonyl (C=O) groups is 2. The molecule has 1 aliphatic rings. The molecule has 1 rings (SSSR count). The Kier molecular flexibility index (Phi) is 6.26. The van der Waals surface area contributed by atoms with Gasteiger partial charge in [-0.15, -0.1) is 0 Å². The maximum Gasteiger partial charge on any atom is 0.315 e. The largest absolute Gasteiger partial charge is 0.481 e. The highest BCUT2D eigenvalue weighted by Crippen LogP contribution is 2.48. The molecule has 0 bridgehead atoms. The van der Waals surface area contributed by atoms with E-state index in [1.165, 1.54) is 0 Å². The third-order valence-corrected chi connectivity index (χ3v) is 3.93. The molecule has 6 heteroatoms. The summed E-state index contributed by atoms with van der Waals surface area (Å²) in [5, 5.41) is 14.4. The van der Waals surface area contributed by atoms with Crippen LogP contribution in [0.15, 0.2) is 0 Å². The van der Waals surface area contributed by atoms with Crippen LogP contribution in [0.1, 0.15) is 39.5 Å². The van der Waals surface area contributed by atoms with Crippen molar-refractivity contribution in [2.75, 3.05) is 20.3 Å². The number of carbonyl (C=O) groups excluding carboxylic acids is 1. The number of carboxylic acid groups (broad SMARTS) is 1. The van der Waals surface area contributed by atoms with Crippen molar-refractivity contribution in [2.45, 2.75) is 45.6 Å². The van der Waals surface area contributed by atoms with Crippen molar-refractivity contribution >= 4 is 12.0 Å². The quantitative estimate of drug-likeness (QED) is 0.601. The summed E-state index contributed by atoms with van der Waals surface area (Å²) in [6, 6.07) is -0.629. The van der Waals surface area contributed by atoms with Gasteiger partial charge >= 0.3 is 12.0 Å². The van der Waals surface area contributed by atoms with Gasteiger partial charge in [-0.25, -0.2) is 4.79 Å². The minimum atomic E-state index is -0.900. The Labute approximate surface area is 120 Å². The fraction of sp³-hybridized carbons (Fsp3) is 0.857. The fourth-order valence-corrected chi connectivity index (χ4v) is 2.14. The van der Waals surface area contributed by atoms with Gasteiger partial charge < -0.3 is 20.5 Å². The molecule has 6 nitrogen and oxygen atoms in total. The van der Waals surface area contributed by atoms with E-state index in [1.54, 1.807) is 7.11 Å². The number of hydrogen-bond acceptors (Lipinski definition) is 3. The molecule has 1 atom stereocenters. The second-order valence-corrected chi connectivity index (χ2v) is 6.02. The van der Waals surface area contributed by atoms with E-state index in [9.17, 15) is 9.59 Å². The molecule has 0 radical (unpaired) electrons. The summed E-state index contributed by atoms with van der Waals surface area (Å²) in [6.45, 7) is 5.13. The standard InChI is InChI=1S/C14H26N2O4/c1-10(2)11(8-12(17)18)16-13(19)15-9-14(4-5-14)6-7-20-3/h10-11H,4-9H2,1-3H3,(H,17,18)(H2,15,16,19). The smallest absolute Gasteiger partial charge is 0.315 e. The molecule has 2 amide bonds. The fourth-order valence-electron chi connectivity index (χ4n) is 2.14.